The Bertz CT molecular complexity index is 411. The minimum Gasteiger partial charge on any atom is -0.480 e. The summed E-state index contributed by atoms with van der Waals surface area (Å²) >= 11 is 0. The van der Waals surface area contributed by atoms with Gasteiger partial charge in [0.25, 0.3) is 0 Å². The fraction of sp³-hybridized carbons (Fsp3) is 0.500. The van der Waals surface area contributed by atoms with Gasteiger partial charge in [-0.15, -0.1) is 0 Å². The predicted molar refractivity (Wildman–Crippen MR) is 70.5 cm³/mol. The van der Waals surface area contributed by atoms with E-state index in [1.54, 1.807) is 30.2 Å². The summed E-state index contributed by atoms with van der Waals surface area (Å²) in [5.41, 5.74) is 0.530. The molecular formula is C14H20FNO3. The molecule has 0 radical (unpaired) electrons. The lowest BCUT2D eigenvalue weighted by Gasteiger charge is -2.30. The van der Waals surface area contributed by atoms with Gasteiger partial charge in [-0.3, -0.25) is 9.69 Å². The fourth-order valence-electron chi connectivity index (χ4n) is 2.15. The minimum atomic E-state index is -0.925. The molecule has 0 aliphatic rings. The highest BCUT2D eigenvalue weighted by molar-refractivity contribution is 5.69. The van der Waals surface area contributed by atoms with Crippen LogP contribution in [-0.4, -0.2) is 42.8 Å². The van der Waals surface area contributed by atoms with Crippen LogP contribution in [0.5, 0.6) is 0 Å². The highest BCUT2D eigenvalue weighted by Crippen LogP contribution is 2.26. The van der Waals surface area contributed by atoms with Crippen LogP contribution in [0.1, 0.15) is 24.9 Å². The fourth-order valence-corrected chi connectivity index (χ4v) is 2.15. The van der Waals surface area contributed by atoms with Crippen molar-refractivity contribution in [3.05, 3.63) is 35.6 Å². The third-order valence-electron chi connectivity index (χ3n) is 3.01. The van der Waals surface area contributed by atoms with Crippen LogP contribution in [0.25, 0.3) is 0 Å². The Morgan fingerprint density at radius 3 is 2.68 bits per heavy atom. The SMILES string of the molecule is CCC(c1ccccc1F)N(CCOC)CC(=O)O. The van der Waals surface area contributed by atoms with Crippen molar-refractivity contribution in [3.8, 4) is 0 Å². The Hall–Kier alpha value is -1.46. The average Bonchev–Trinajstić information content (AvgIpc) is 2.38. The number of carboxylic acid groups (broad SMARTS) is 1. The molecule has 5 heteroatoms. The Kier molecular flexibility index (Phi) is 6.45. The molecule has 1 N–H and O–H groups in total. The Morgan fingerprint density at radius 2 is 2.16 bits per heavy atom. The van der Waals surface area contributed by atoms with Gasteiger partial charge in [-0.25, -0.2) is 4.39 Å². The topological polar surface area (TPSA) is 49.8 Å². The first-order valence-corrected chi connectivity index (χ1v) is 6.29. The lowest BCUT2D eigenvalue weighted by molar-refractivity contribution is -0.139. The van der Waals surface area contributed by atoms with Gasteiger partial charge in [-0.2, -0.15) is 0 Å². The van der Waals surface area contributed by atoms with Crippen molar-refractivity contribution in [3.63, 3.8) is 0 Å². The summed E-state index contributed by atoms with van der Waals surface area (Å²) in [4.78, 5) is 12.7. The number of aliphatic carboxylic acids is 1. The van der Waals surface area contributed by atoms with Crippen LogP contribution in [0.3, 0.4) is 0 Å². The molecule has 0 saturated carbocycles. The van der Waals surface area contributed by atoms with E-state index in [1.165, 1.54) is 6.07 Å². The summed E-state index contributed by atoms with van der Waals surface area (Å²) in [5, 5.41) is 8.97. The van der Waals surface area contributed by atoms with E-state index in [-0.39, 0.29) is 18.4 Å². The first-order valence-electron chi connectivity index (χ1n) is 6.29. The van der Waals surface area contributed by atoms with Crippen molar-refractivity contribution in [2.24, 2.45) is 0 Å². The molecule has 0 saturated heterocycles. The third-order valence-corrected chi connectivity index (χ3v) is 3.01. The molecule has 0 aliphatic heterocycles. The molecule has 0 amide bonds. The summed E-state index contributed by atoms with van der Waals surface area (Å²) in [5.74, 6) is -1.23. The van der Waals surface area contributed by atoms with Gasteiger partial charge >= 0.3 is 5.97 Å². The maximum absolute atomic E-state index is 13.8. The van der Waals surface area contributed by atoms with Crippen molar-refractivity contribution in [2.75, 3.05) is 26.8 Å². The van der Waals surface area contributed by atoms with E-state index in [2.05, 4.69) is 0 Å². The standard InChI is InChI=1S/C14H20FNO3/c1-3-13(11-6-4-5-7-12(11)15)16(8-9-19-2)10-14(17)18/h4-7,13H,3,8-10H2,1-2H3,(H,17,18). The van der Waals surface area contributed by atoms with Gasteiger partial charge in [-0.05, 0) is 12.5 Å². The number of ether oxygens (including phenoxy) is 1. The largest absolute Gasteiger partial charge is 0.480 e. The Labute approximate surface area is 112 Å². The highest BCUT2D eigenvalue weighted by Gasteiger charge is 2.23. The summed E-state index contributed by atoms with van der Waals surface area (Å²) in [6.07, 6.45) is 0.637. The van der Waals surface area contributed by atoms with E-state index in [0.29, 0.717) is 25.1 Å². The van der Waals surface area contributed by atoms with Gasteiger partial charge in [0, 0.05) is 25.3 Å². The predicted octanol–water partition coefficient (Wildman–Crippen LogP) is 2.31. The number of nitrogens with zero attached hydrogens (tertiary/aromatic N) is 1. The first-order chi connectivity index (χ1) is 9.10. The number of rotatable bonds is 8. The number of carbonyl (C=O) groups is 1. The normalized spacial score (nSPS) is 12.6. The van der Waals surface area contributed by atoms with Crippen molar-refractivity contribution < 1.29 is 19.0 Å². The second-order valence-electron chi connectivity index (χ2n) is 4.30. The number of halogens is 1. The van der Waals surface area contributed by atoms with Gasteiger partial charge in [0.1, 0.15) is 5.82 Å². The molecule has 19 heavy (non-hydrogen) atoms. The quantitative estimate of drug-likeness (QED) is 0.786. The summed E-state index contributed by atoms with van der Waals surface area (Å²) in [6, 6.07) is 6.23. The van der Waals surface area contributed by atoms with Gasteiger partial charge < -0.3 is 9.84 Å². The van der Waals surface area contributed by atoms with Crippen LogP contribution in [-0.2, 0) is 9.53 Å². The highest BCUT2D eigenvalue weighted by atomic mass is 19.1. The molecule has 0 aromatic heterocycles. The van der Waals surface area contributed by atoms with E-state index in [1.807, 2.05) is 6.92 Å². The zero-order valence-electron chi connectivity index (χ0n) is 11.3. The molecule has 106 valence electrons. The van der Waals surface area contributed by atoms with Crippen LogP contribution in [0.15, 0.2) is 24.3 Å². The number of hydrogen-bond acceptors (Lipinski definition) is 3. The molecule has 1 aromatic carbocycles. The van der Waals surface area contributed by atoms with Crippen molar-refractivity contribution in [1.29, 1.82) is 0 Å². The number of hydrogen-bond donors (Lipinski definition) is 1. The summed E-state index contributed by atoms with van der Waals surface area (Å²) in [6.45, 7) is 2.66. The molecule has 0 bridgehead atoms. The average molecular weight is 269 g/mol. The van der Waals surface area contributed by atoms with Crippen molar-refractivity contribution in [2.45, 2.75) is 19.4 Å². The molecule has 1 unspecified atom stereocenters. The molecule has 0 heterocycles. The van der Waals surface area contributed by atoms with Crippen LogP contribution >= 0.6 is 0 Å². The third kappa shape index (κ3) is 4.61. The second kappa shape index (κ2) is 7.86. The monoisotopic (exact) mass is 269 g/mol. The van der Waals surface area contributed by atoms with Crippen molar-refractivity contribution >= 4 is 5.97 Å². The van der Waals surface area contributed by atoms with E-state index in [9.17, 15) is 9.18 Å². The Balaban J connectivity index is 2.94. The molecule has 0 aliphatic carbocycles. The van der Waals surface area contributed by atoms with E-state index >= 15 is 0 Å². The van der Waals surface area contributed by atoms with Crippen LogP contribution in [0.4, 0.5) is 4.39 Å². The van der Waals surface area contributed by atoms with E-state index < -0.39 is 5.97 Å². The summed E-state index contributed by atoms with van der Waals surface area (Å²) < 4.78 is 18.8. The maximum atomic E-state index is 13.8. The molecule has 1 aromatic rings. The number of carboxylic acids is 1. The minimum absolute atomic E-state index is 0.129. The number of benzene rings is 1. The molecule has 1 atom stereocenters. The van der Waals surface area contributed by atoms with Crippen LogP contribution in [0, 0.1) is 5.82 Å². The molecule has 0 fully saturated rings. The first kappa shape index (κ1) is 15.6. The van der Waals surface area contributed by atoms with Gasteiger partial charge in [0.05, 0.1) is 13.2 Å². The lowest BCUT2D eigenvalue weighted by atomic mass is 10.0. The van der Waals surface area contributed by atoms with Crippen molar-refractivity contribution in [1.82, 2.24) is 4.90 Å². The van der Waals surface area contributed by atoms with Gasteiger partial charge in [0.15, 0.2) is 0 Å². The smallest absolute Gasteiger partial charge is 0.317 e. The van der Waals surface area contributed by atoms with Crippen LogP contribution in [0.2, 0.25) is 0 Å². The zero-order chi connectivity index (χ0) is 14.3. The van der Waals surface area contributed by atoms with E-state index in [0.717, 1.165) is 0 Å². The zero-order valence-corrected chi connectivity index (χ0v) is 11.3. The van der Waals surface area contributed by atoms with E-state index in [4.69, 9.17) is 9.84 Å². The van der Waals surface area contributed by atoms with Gasteiger partial charge in [0.2, 0.25) is 0 Å². The summed E-state index contributed by atoms with van der Waals surface area (Å²) in [7, 11) is 1.56. The molecule has 0 spiro atoms. The number of methoxy groups -OCH3 is 1. The molecule has 4 nitrogen and oxygen atoms in total. The molecule has 1 rings (SSSR count). The van der Waals surface area contributed by atoms with Gasteiger partial charge in [-0.1, -0.05) is 25.1 Å². The second-order valence-corrected chi connectivity index (χ2v) is 4.30. The maximum Gasteiger partial charge on any atom is 0.317 e. The Morgan fingerprint density at radius 1 is 1.47 bits per heavy atom. The molecular weight excluding hydrogens is 249 g/mol. The lowest BCUT2D eigenvalue weighted by Crippen LogP contribution is -2.36. The van der Waals surface area contributed by atoms with Crippen LogP contribution < -0.4 is 0 Å².